The van der Waals surface area contributed by atoms with Crippen LogP contribution in [0, 0.1) is 5.92 Å². The maximum atomic E-state index is 11.8. The van der Waals surface area contributed by atoms with Gasteiger partial charge in [-0.3, -0.25) is 9.59 Å². The number of aryl methyl sites for hydroxylation is 1. The molecule has 0 saturated heterocycles. The molecule has 1 atom stereocenters. The van der Waals surface area contributed by atoms with Crippen LogP contribution in [0.1, 0.15) is 32.6 Å². The van der Waals surface area contributed by atoms with Gasteiger partial charge in [-0.15, -0.1) is 0 Å². The Kier molecular flexibility index (Phi) is 7.65. The van der Waals surface area contributed by atoms with Crippen molar-refractivity contribution in [3.05, 3.63) is 34.7 Å². The molecule has 0 saturated carbocycles. The fourth-order valence-corrected chi connectivity index (χ4v) is 2.15. The molecule has 5 heteroatoms. The lowest BCUT2D eigenvalue weighted by atomic mass is 10.0. The van der Waals surface area contributed by atoms with E-state index >= 15 is 0 Å². The van der Waals surface area contributed by atoms with Crippen LogP contribution in [0.5, 0.6) is 0 Å². The molecule has 0 bridgehead atoms. The van der Waals surface area contributed by atoms with Gasteiger partial charge >= 0.3 is 0 Å². The molecule has 0 aliphatic rings. The molecule has 1 aromatic heterocycles. The third kappa shape index (κ3) is 6.02. The molecule has 0 aliphatic heterocycles. The van der Waals surface area contributed by atoms with Crippen molar-refractivity contribution >= 4 is 5.91 Å². The summed E-state index contributed by atoms with van der Waals surface area (Å²) in [7, 11) is 0. The quantitative estimate of drug-likeness (QED) is 0.713. The number of pyridine rings is 1. The van der Waals surface area contributed by atoms with E-state index in [9.17, 15) is 9.59 Å². The number of carbonyl (C=O) groups is 1. The summed E-state index contributed by atoms with van der Waals surface area (Å²) in [6.45, 7) is 3.23. The fourth-order valence-electron chi connectivity index (χ4n) is 2.15. The summed E-state index contributed by atoms with van der Waals surface area (Å²) in [4.78, 5) is 23.2. The molecule has 0 spiro atoms. The summed E-state index contributed by atoms with van der Waals surface area (Å²) in [5.74, 6) is 0.271. The largest absolute Gasteiger partial charge is 0.396 e. The number of hydrogen-bond donors (Lipinski definition) is 2. The van der Waals surface area contributed by atoms with E-state index in [1.807, 2.05) is 0 Å². The molecule has 5 nitrogen and oxygen atoms in total. The van der Waals surface area contributed by atoms with Crippen LogP contribution < -0.4 is 10.9 Å². The number of nitrogens with one attached hydrogen (secondary N) is 1. The second-order valence-electron chi connectivity index (χ2n) is 4.95. The van der Waals surface area contributed by atoms with Gasteiger partial charge in [0, 0.05) is 38.4 Å². The van der Waals surface area contributed by atoms with Gasteiger partial charge in [0.1, 0.15) is 0 Å². The molecule has 1 unspecified atom stereocenters. The Labute approximate surface area is 119 Å². The zero-order chi connectivity index (χ0) is 14.8. The van der Waals surface area contributed by atoms with Gasteiger partial charge < -0.3 is 15.0 Å². The van der Waals surface area contributed by atoms with E-state index in [-0.39, 0.29) is 18.1 Å². The fraction of sp³-hybridized carbons (Fsp3) is 0.600. The van der Waals surface area contributed by atoms with Crippen molar-refractivity contribution < 1.29 is 9.90 Å². The Bertz CT molecular complexity index is 450. The minimum absolute atomic E-state index is 0.0557. The maximum Gasteiger partial charge on any atom is 0.250 e. The molecule has 0 radical (unpaired) electrons. The van der Waals surface area contributed by atoms with Crippen molar-refractivity contribution in [2.75, 3.05) is 13.2 Å². The third-order valence-electron chi connectivity index (χ3n) is 3.30. The monoisotopic (exact) mass is 280 g/mol. The van der Waals surface area contributed by atoms with Gasteiger partial charge in [-0.05, 0) is 24.8 Å². The first-order chi connectivity index (χ1) is 9.67. The van der Waals surface area contributed by atoms with E-state index in [1.165, 1.54) is 10.6 Å². The van der Waals surface area contributed by atoms with E-state index in [1.54, 1.807) is 18.3 Å². The Morgan fingerprint density at radius 1 is 1.40 bits per heavy atom. The van der Waals surface area contributed by atoms with E-state index in [0.717, 1.165) is 12.8 Å². The van der Waals surface area contributed by atoms with Crippen molar-refractivity contribution in [1.29, 1.82) is 0 Å². The summed E-state index contributed by atoms with van der Waals surface area (Å²) in [5, 5.41) is 11.8. The summed E-state index contributed by atoms with van der Waals surface area (Å²) in [6, 6.07) is 4.94. The molecule has 0 aromatic carbocycles. The Hall–Kier alpha value is -1.62. The van der Waals surface area contributed by atoms with Crippen LogP contribution in [0.15, 0.2) is 29.2 Å². The number of carbonyl (C=O) groups excluding carboxylic acids is 1. The van der Waals surface area contributed by atoms with Gasteiger partial charge in [0.2, 0.25) is 5.91 Å². The van der Waals surface area contributed by atoms with Crippen LogP contribution in [0.3, 0.4) is 0 Å². The molecule has 112 valence electrons. The van der Waals surface area contributed by atoms with Gasteiger partial charge in [0.05, 0.1) is 0 Å². The second-order valence-corrected chi connectivity index (χ2v) is 4.95. The van der Waals surface area contributed by atoms with Crippen LogP contribution in [-0.2, 0) is 11.3 Å². The first-order valence-electron chi connectivity index (χ1n) is 7.20. The van der Waals surface area contributed by atoms with Crippen molar-refractivity contribution in [1.82, 2.24) is 9.88 Å². The molecule has 1 heterocycles. The van der Waals surface area contributed by atoms with Crippen molar-refractivity contribution in [2.24, 2.45) is 5.92 Å². The summed E-state index contributed by atoms with van der Waals surface area (Å²) in [6.07, 6.45) is 4.73. The van der Waals surface area contributed by atoms with Crippen LogP contribution >= 0.6 is 0 Å². The molecule has 0 fully saturated rings. The van der Waals surface area contributed by atoms with E-state index in [4.69, 9.17) is 5.11 Å². The zero-order valence-corrected chi connectivity index (χ0v) is 12.0. The summed E-state index contributed by atoms with van der Waals surface area (Å²) >= 11 is 0. The predicted molar refractivity (Wildman–Crippen MR) is 78.4 cm³/mol. The molecule has 1 aromatic rings. The minimum atomic E-state index is -0.0931. The molecular weight excluding hydrogens is 256 g/mol. The normalized spacial score (nSPS) is 12.1. The molecule has 20 heavy (non-hydrogen) atoms. The second kappa shape index (κ2) is 9.31. The highest BCUT2D eigenvalue weighted by Gasteiger charge is 2.09. The van der Waals surface area contributed by atoms with Crippen LogP contribution in [0.2, 0.25) is 0 Å². The number of nitrogens with zero attached hydrogens (tertiary/aromatic N) is 1. The first kappa shape index (κ1) is 16.4. The van der Waals surface area contributed by atoms with E-state index < -0.39 is 0 Å². The number of aliphatic hydroxyl groups is 1. The smallest absolute Gasteiger partial charge is 0.250 e. The first-order valence-corrected chi connectivity index (χ1v) is 7.20. The van der Waals surface area contributed by atoms with Gasteiger partial charge in [-0.1, -0.05) is 19.4 Å². The minimum Gasteiger partial charge on any atom is -0.396 e. The van der Waals surface area contributed by atoms with E-state index in [0.29, 0.717) is 31.8 Å². The van der Waals surface area contributed by atoms with Crippen molar-refractivity contribution in [3.63, 3.8) is 0 Å². The predicted octanol–water partition coefficient (Wildman–Crippen LogP) is 1.15. The highest BCUT2D eigenvalue weighted by atomic mass is 16.3. The lowest BCUT2D eigenvalue weighted by Crippen LogP contribution is -2.31. The van der Waals surface area contributed by atoms with Gasteiger partial charge in [0.25, 0.3) is 5.56 Å². The van der Waals surface area contributed by atoms with E-state index in [2.05, 4.69) is 12.2 Å². The van der Waals surface area contributed by atoms with Crippen molar-refractivity contribution in [2.45, 2.75) is 39.2 Å². The van der Waals surface area contributed by atoms with Gasteiger partial charge in [-0.25, -0.2) is 0 Å². The average molecular weight is 280 g/mol. The van der Waals surface area contributed by atoms with Gasteiger partial charge in [0.15, 0.2) is 0 Å². The molecule has 1 rings (SSSR count). The standard InChI is InChI=1S/C15H24N2O3/c1-2-5-13(8-11-18)12-16-14(19)7-10-17-9-4-3-6-15(17)20/h3-4,6,9,13,18H,2,5,7-8,10-12H2,1H3,(H,16,19). The van der Waals surface area contributed by atoms with Crippen LogP contribution in [0.25, 0.3) is 0 Å². The average Bonchev–Trinajstić information content (AvgIpc) is 2.44. The molecular formula is C15H24N2O3. The highest BCUT2D eigenvalue weighted by molar-refractivity contribution is 5.75. The Morgan fingerprint density at radius 3 is 2.85 bits per heavy atom. The number of aromatic nitrogens is 1. The Morgan fingerprint density at radius 2 is 2.20 bits per heavy atom. The number of hydrogen-bond acceptors (Lipinski definition) is 3. The summed E-state index contributed by atoms with van der Waals surface area (Å²) in [5.41, 5.74) is -0.0931. The number of rotatable bonds is 9. The molecule has 1 amide bonds. The Balaban J connectivity index is 2.33. The van der Waals surface area contributed by atoms with Crippen LogP contribution in [0.4, 0.5) is 0 Å². The topological polar surface area (TPSA) is 71.3 Å². The van der Waals surface area contributed by atoms with Crippen molar-refractivity contribution in [3.8, 4) is 0 Å². The SMILES string of the molecule is CCCC(CCO)CNC(=O)CCn1ccccc1=O. The summed E-state index contributed by atoms with van der Waals surface area (Å²) < 4.78 is 1.52. The maximum absolute atomic E-state index is 11.8. The van der Waals surface area contributed by atoms with Crippen LogP contribution in [-0.4, -0.2) is 28.7 Å². The molecule has 2 N–H and O–H groups in total. The third-order valence-corrected chi connectivity index (χ3v) is 3.30. The number of amides is 1. The highest BCUT2D eigenvalue weighted by Crippen LogP contribution is 2.09. The van der Waals surface area contributed by atoms with Gasteiger partial charge in [-0.2, -0.15) is 0 Å². The zero-order valence-electron chi connectivity index (χ0n) is 12.0. The lowest BCUT2D eigenvalue weighted by Gasteiger charge is -2.15. The lowest BCUT2D eigenvalue weighted by molar-refractivity contribution is -0.121. The number of aliphatic hydroxyl groups excluding tert-OH is 1. The molecule has 0 aliphatic carbocycles.